The Morgan fingerprint density at radius 2 is 2.06 bits per heavy atom. The first-order valence-electron chi connectivity index (χ1n) is 6.16. The van der Waals surface area contributed by atoms with E-state index in [0.717, 1.165) is 12.5 Å². The van der Waals surface area contributed by atoms with Gasteiger partial charge >= 0.3 is 0 Å². The molecule has 0 saturated carbocycles. The summed E-state index contributed by atoms with van der Waals surface area (Å²) in [6, 6.07) is 0. The molecule has 0 aromatic heterocycles. The van der Waals surface area contributed by atoms with Crippen molar-refractivity contribution < 1.29 is 17.2 Å². The fourth-order valence-corrected chi connectivity index (χ4v) is 3.29. The van der Waals surface area contributed by atoms with E-state index in [4.69, 9.17) is 0 Å². The van der Waals surface area contributed by atoms with Gasteiger partial charge in [0.25, 0.3) is 0 Å². The van der Waals surface area contributed by atoms with Gasteiger partial charge in [0.2, 0.25) is 15.9 Å². The molecule has 0 aromatic rings. The first-order chi connectivity index (χ1) is 8.12. The smallest absolute Gasteiger partial charge is 0.212 e. The average molecular weight is 281 g/mol. The van der Waals surface area contributed by atoms with Crippen LogP contribution >= 0.6 is 0 Å². The minimum atomic E-state index is -3.40. The summed E-state index contributed by atoms with van der Waals surface area (Å²) in [4.78, 5) is 0. The van der Waals surface area contributed by atoms with E-state index in [1.165, 1.54) is 4.31 Å². The topological polar surface area (TPSA) is 37.4 Å². The summed E-state index contributed by atoms with van der Waals surface area (Å²) >= 11 is 0. The minimum Gasteiger partial charge on any atom is -0.212 e. The van der Waals surface area contributed by atoms with Crippen LogP contribution in [0.1, 0.15) is 33.6 Å². The molecule has 3 nitrogen and oxygen atoms in total. The molecule has 0 fully saturated rings. The summed E-state index contributed by atoms with van der Waals surface area (Å²) in [5.74, 6) is -2.66. The lowest BCUT2D eigenvalue weighted by atomic mass is 10.1. The van der Waals surface area contributed by atoms with E-state index in [2.05, 4.69) is 0 Å². The number of sulfonamides is 1. The summed E-state index contributed by atoms with van der Waals surface area (Å²) in [6.07, 6.45) is 1.53. The molecule has 0 saturated heterocycles. The molecule has 1 rings (SSSR count). The van der Waals surface area contributed by atoms with Crippen molar-refractivity contribution in [3.8, 4) is 0 Å². The summed E-state index contributed by atoms with van der Waals surface area (Å²) in [5.41, 5.74) is 1.10. The van der Waals surface area contributed by atoms with Gasteiger partial charge in [-0.2, -0.15) is 4.31 Å². The Balaban J connectivity index is 2.47. The van der Waals surface area contributed by atoms with Gasteiger partial charge in [-0.3, -0.25) is 0 Å². The quantitative estimate of drug-likeness (QED) is 0.702. The second kappa shape index (κ2) is 5.65. The lowest BCUT2D eigenvalue weighted by Crippen LogP contribution is -2.32. The van der Waals surface area contributed by atoms with Crippen LogP contribution in [0.25, 0.3) is 0 Å². The van der Waals surface area contributed by atoms with Crippen LogP contribution < -0.4 is 0 Å². The van der Waals surface area contributed by atoms with Crippen molar-refractivity contribution in [1.29, 1.82) is 0 Å². The summed E-state index contributed by atoms with van der Waals surface area (Å²) < 4.78 is 50.5. The molecule has 106 valence electrons. The predicted molar refractivity (Wildman–Crippen MR) is 68.1 cm³/mol. The predicted octanol–water partition coefficient (Wildman–Crippen LogP) is 2.65. The number of nitrogens with zero attached hydrogens (tertiary/aromatic N) is 1. The molecule has 1 heterocycles. The molecule has 6 heteroatoms. The Labute approximate surface area is 108 Å². The maximum Gasteiger partial charge on any atom is 0.245 e. The highest BCUT2D eigenvalue weighted by Gasteiger charge is 2.28. The molecular weight excluding hydrogens is 260 g/mol. The zero-order chi connectivity index (χ0) is 14.0. The van der Waals surface area contributed by atoms with Crippen LogP contribution in [0.5, 0.6) is 0 Å². The molecule has 0 atom stereocenters. The van der Waals surface area contributed by atoms with Gasteiger partial charge in [-0.15, -0.1) is 0 Å². The van der Waals surface area contributed by atoms with Crippen molar-refractivity contribution in [2.24, 2.45) is 5.92 Å². The average Bonchev–Trinajstić information content (AvgIpc) is 2.63. The monoisotopic (exact) mass is 281 g/mol. The van der Waals surface area contributed by atoms with Gasteiger partial charge in [0.1, 0.15) is 0 Å². The van der Waals surface area contributed by atoms with E-state index in [-0.39, 0.29) is 18.6 Å². The Morgan fingerprint density at radius 1 is 1.44 bits per heavy atom. The van der Waals surface area contributed by atoms with E-state index in [1.54, 1.807) is 0 Å². The molecule has 18 heavy (non-hydrogen) atoms. The molecule has 0 amide bonds. The molecule has 1 aliphatic heterocycles. The van der Waals surface area contributed by atoms with Gasteiger partial charge in [0, 0.05) is 19.5 Å². The normalized spacial score (nSPS) is 18.4. The highest BCUT2D eigenvalue weighted by molar-refractivity contribution is 7.89. The molecule has 0 aliphatic carbocycles. The van der Waals surface area contributed by atoms with Crippen molar-refractivity contribution in [2.75, 3.05) is 18.8 Å². The van der Waals surface area contributed by atoms with Crippen LogP contribution in [-0.4, -0.2) is 37.5 Å². The maximum atomic E-state index is 12.6. The van der Waals surface area contributed by atoms with E-state index in [1.807, 2.05) is 19.9 Å². The standard InChI is InChI=1S/C12H21F2NO2S/c1-10(2)11-5-7-15(9-11)18(16,17)8-4-6-12(3,13)14/h5,10H,4,6-9H2,1-3H3. The zero-order valence-electron chi connectivity index (χ0n) is 11.1. The van der Waals surface area contributed by atoms with Crippen molar-refractivity contribution in [1.82, 2.24) is 4.31 Å². The number of hydrogen-bond donors (Lipinski definition) is 0. The highest BCUT2D eigenvalue weighted by atomic mass is 32.2. The Hall–Kier alpha value is -0.490. The number of halogens is 2. The van der Waals surface area contributed by atoms with E-state index >= 15 is 0 Å². The van der Waals surface area contributed by atoms with Crippen molar-refractivity contribution in [3.05, 3.63) is 11.6 Å². The summed E-state index contributed by atoms with van der Waals surface area (Å²) in [6.45, 7) is 5.62. The molecule has 0 spiro atoms. The fraction of sp³-hybridized carbons (Fsp3) is 0.833. The third kappa shape index (κ3) is 4.65. The Bertz CT molecular complexity index is 410. The number of alkyl halides is 2. The fourth-order valence-electron chi connectivity index (χ4n) is 1.88. The Morgan fingerprint density at radius 3 is 2.50 bits per heavy atom. The first-order valence-corrected chi connectivity index (χ1v) is 7.77. The van der Waals surface area contributed by atoms with Crippen LogP contribution in [-0.2, 0) is 10.0 Å². The molecule has 0 aromatic carbocycles. The minimum absolute atomic E-state index is 0.000650. The van der Waals surface area contributed by atoms with Crippen LogP contribution in [0, 0.1) is 5.92 Å². The van der Waals surface area contributed by atoms with Crippen LogP contribution in [0.4, 0.5) is 8.78 Å². The summed E-state index contributed by atoms with van der Waals surface area (Å²) in [7, 11) is -3.40. The highest BCUT2D eigenvalue weighted by Crippen LogP contribution is 2.23. The first kappa shape index (κ1) is 15.6. The SMILES string of the molecule is CC(C)C1=CCN(S(=O)(=O)CCCC(C)(F)F)C1. The second-order valence-corrected chi connectivity index (χ2v) is 7.30. The molecule has 0 N–H and O–H groups in total. The van der Waals surface area contributed by atoms with Gasteiger partial charge in [0.05, 0.1) is 5.75 Å². The van der Waals surface area contributed by atoms with Gasteiger partial charge < -0.3 is 0 Å². The Kier molecular flexibility index (Phi) is 4.89. The van der Waals surface area contributed by atoms with E-state index in [9.17, 15) is 17.2 Å². The van der Waals surface area contributed by atoms with Crippen molar-refractivity contribution in [2.45, 2.75) is 39.5 Å². The second-order valence-electron chi connectivity index (χ2n) is 5.22. The lowest BCUT2D eigenvalue weighted by Gasteiger charge is -2.18. The molecule has 0 unspecified atom stereocenters. The molecule has 1 aliphatic rings. The van der Waals surface area contributed by atoms with Gasteiger partial charge in [-0.1, -0.05) is 25.5 Å². The van der Waals surface area contributed by atoms with E-state index in [0.29, 0.717) is 19.0 Å². The van der Waals surface area contributed by atoms with Crippen molar-refractivity contribution >= 4 is 10.0 Å². The maximum absolute atomic E-state index is 12.6. The van der Waals surface area contributed by atoms with Crippen LogP contribution in [0.15, 0.2) is 11.6 Å². The van der Waals surface area contributed by atoms with Crippen LogP contribution in [0.3, 0.4) is 0 Å². The molecule has 0 bridgehead atoms. The number of rotatable bonds is 6. The summed E-state index contributed by atoms with van der Waals surface area (Å²) in [5, 5.41) is 0. The number of hydrogen-bond acceptors (Lipinski definition) is 2. The third-order valence-corrected chi connectivity index (χ3v) is 4.94. The third-order valence-electron chi connectivity index (χ3n) is 3.07. The van der Waals surface area contributed by atoms with E-state index < -0.39 is 15.9 Å². The van der Waals surface area contributed by atoms with Gasteiger partial charge in [-0.05, 0) is 19.3 Å². The van der Waals surface area contributed by atoms with Crippen LogP contribution in [0.2, 0.25) is 0 Å². The molecule has 0 radical (unpaired) electrons. The lowest BCUT2D eigenvalue weighted by molar-refractivity contribution is 0.0125. The largest absolute Gasteiger partial charge is 0.245 e. The van der Waals surface area contributed by atoms with Gasteiger partial charge in [0.15, 0.2) is 0 Å². The zero-order valence-corrected chi connectivity index (χ0v) is 11.9. The van der Waals surface area contributed by atoms with Gasteiger partial charge in [-0.25, -0.2) is 17.2 Å². The van der Waals surface area contributed by atoms with Crippen molar-refractivity contribution in [3.63, 3.8) is 0 Å². The molecular formula is C12H21F2NO2S.